The summed E-state index contributed by atoms with van der Waals surface area (Å²) in [6, 6.07) is 8.21. The van der Waals surface area contributed by atoms with E-state index in [0.29, 0.717) is 23.0 Å². The molecule has 2 fully saturated rings. The summed E-state index contributed by atoms with van der Waals surface area (Å²) in [5, 5.41) is 0. The molecule has 2 aromatic carbocycles. The summed E-state index contributed by atoms with van der Waals surface area (Å²) in [6.07, 6.45) is 17.4. The van der Waals surface area contributed by atoms with Gasteiger partial charge in [0, 0.05) is 0 Å². The predicted molar refractivity (Wildman–Crippen MR) is 158 cm³/mol. The molecule has 0 aromatic heterocycles. The van der Waals surface area contributed by atoms with E-state index in [2.05, 4.69) is 13.8 Å². The largest absolute Gasteiger partial charge is 0.365 e. The first-order valence-corrected chi connectivity index (χ1v) is 16.4. The lowest BCUT2D eigenvalue weighted by Crippen LogP contribution is -2.28. The standard InChI is InChI=1S/C36H50F4O/c1-3-5-7-9-25-11-15-27(16-12-25)35(29-19-21-31(37)33(39)23-29)41-36(30-20-22-32(38)34(40)24-30)28-17-13-26(14-18-28)10-8-6-4-2/h19-28,35-36H,3-18H2,1-2H3/t25-,26-,27-,28-,35?,36?. The fraction of sp³-hybridized carbons (Fsp3) is 0.667. The lowest BCUT2D eigenvalue weighted by atomic mass is 9.74. The molecule has 0 saturated heterocycles. The lowest BCUT2D eigenvalue weighted by Gasteiger charge is -2.40. The van der Waals surface area contributed by atoms with E-state index in [4.69, 9.17) is 4.74 Å². The van der Waals surface area contributed by atoms with Crippen LogP contribution in [0.3, 0.4) is 0 Å². The molecule has 5 heteroatoms. The normalized spacial score (nSPS) is 24.7. The van der Waals surface area contributed by atoms with Crippen LogP contribution in [0.25, 0.3) is 0 Å². The van der Waals surface area contributed by atoms with Gasteiger partial charge in [-0.15, -0.1) is 0 Å². The minimum Gasteiger partial charge on any atom is -0.365 e. The molecular formula is C36H50F4O. The third kappa shape index (κ3) is 9.05. The van der Waals surface area contributed by atoms with Gasteiger partial charge < -0.3 is 4.74 Å². The summed E-state index contributed by atoms with van der Waals surface area (Å²) in [5.74, 6) is -1.75. The third-order valence-electron chi connectivity index (χ3n) is 9.91. The fourth-order valence-corrected chi connectivity index (χ4v) is 7.39. The molecule has 2 aromatic rings. The Bertz CT molecular complexity index is 972. The molecule has 1 nitrogen and oxygen atoms in total. The molecule has 0 amide bonds. The summed E-state index contributed by atoms with van der Waals surface area (Å²) in [7, 11) is 0. The first-order valence-electron chi connectivity index (χ1n) is 16.4. The van der Waals surface area contributed by atoms with Crippen molar-refractivity contribution >= 4 is 0 Å². The quantitative estimate of drug-likeness (QED) is 0.161. The van der Waals surface area contributed by atoms with Crippen molar-refractivity contribution in [2.24, 2.45) is 23.7 Å². The maximum atomic E-state index is 14.5. The Balaban J connectivity index is 1.56. The van der Waals surface area contributed by atoms with Gasteiger partial charge in [0.1, 0.15) is 0 Å². The number of unbranched alkanes of at least 4 members (excludes halogenated alkanes) is 4. The van der Waals surface area contributed by atoms with Gasteiger partial charge >= 0.3 is 0 Å². The minimum absolute atomic E-state index is 0.167. The summed E-state index contributed by atoms with van der Waals surface area (Å²) >= 11 is 0. The van der Waals surface area contributed by atoms with Gasteiger partial charge in [0.25, 0.3) is 0 Å². The zero-order valence-corrected chi connectivity index (χ0v) is 25.2. The van der Waals surface area contributed by atoms with Gasteiger partial charge in [-0.2, -0.15) is 0 Å². The molecule has 41 heavy (non-hydrogen) atoms. The molecule has 0 bridgehead atoms. The molecule has 2 aliphatic carbocycles. The van der Waals surface area contributed by atoms with Crippen molar-refractivity contribution in [1.82, 2.24) is 0 Å². The monoisotopic (exact) mass is 574 g/mol. The number of rotatable bonds is 14. The Morgan fingerprint density at radius 1 is 0.561 bits per heavy atom. The highest BCUT2D eigenvalue weighted by atomic mass is 19.2. The second-order valence-electron chi connectivity index (χ2n) is 12.9. The van der Waals surface area contributed by atoms with Crippen LogP contribution in [-0.2, 0) is 4.74 Å². The van der Waals surface area contributed by atoms with E-state index in [0.717, 1.165) is 51.4 Å². The van der Waals surface area contributed by atoms with Crippen molar-refractivity contribution in [3.63, 3.8) is 0 Å². The average Bonchev–Trinajstić information content (AvgIpc) is 2.98. The van der Waals surface area contributed by atoms with Crippen LogP contribution in [0.2, 0.25) is 0 Å². The maximum absolute atomic E-state index is 14.5. The maximum Gasteiger partial charge on any atom is 0.159 e. The summed E-state index contributed by atoms with van der Waals surface area (Å²) < 4.78 is 63.9. The molecule has 0 radical (unpaired) electrons. The summed E-state index contributed by atoms with van der Waals surface area (Å²) in [5.41, 5.74) is 1.28. The van der Waals surface area contributed by atoms with Crippen molar-refractivity contribution in [2.45, 2.75) is 129 Å². The molecule has 2 saturated carbocycles. The van der Waals surface area contributed by atoms with Gasteiger partial charge in [0.05, 0.1) is 12.2 Å². The molecule has 228 valence electrons. The van der Waals surface area contributed by atoms with Crippen molar-refractivity contribution < 1.29 is 22.3 Å². The van der Waals surface area contributed by atoms with Crippen molar-refractivity contribution in [2.75, 3.05) is 0 Å². The van der Waals surface area contributed by atoms with Crippen LogP contribution in [0.5, 0.6) is 0 Å². The SMILES string of the molecule is CCCCC[C@H]1CC[C@H](C(OC(c2ccc(F)c(F)c2)[C@H]2CC[C@H](CCCCC)CC2)c2ccc(F)c(F)c2)CC1. The Morgan fingerprint density at radius 2 is 0.951 bits per heavy atom. The molecule has 2 atom stereocenters. The van der Waals surface area contributed by atoms with Crippen molar-refractivity contribution in [1.29, 1.82) is 0 Å². The van der Waals surface area contributed by atoms with Crippen molar-refractivity contribution in [3.05, 3.63) is 70.8 Å². The van der Waals surface area contributed by atoms with E-state index in [-0.39, 0.29) is 11.8 Å². The van der Waals surface area contributed by atoms with E-state index in [1.165, 1.54) is 75.6 Å². The molecule has 2 aliphatic rings. The number of benzene rings is 2. The fourth-order valence-electron chi connectivity index (χ4n) is 7.39. The highest BCUT2D eigenvalue weighted by molar-refractivity contribution is 5.24. The molecule has 0 spiro atoms. The minimum atomic E-state index is -0.874. The van der Waals surface area contributed by atoms with Crippen LogP contribution in [-0.4, -0.2) is 0 Å². The van der Waals surface area contributed by atoms with E-state index in [9.17, 15) is 17.6 Å². The lowest BCUT2D eigenvalue weighted by molar-refractivity contribution is -0.0910. The number of hydrogen-bond acceptors (Lipinski definition) is 1. The number of halogens is 4. The van der Waals surface area contributed by atoms with E-state index in [1.807, 2.05) is 0 Å². The molecule has 0 aliphatic heterocycles. The van der Waals surface area contributed by atoms with Crippen LogP contribution in [0, 0.1) is 46.9 Å². The van der Waals surface area contributed by atoms with E-state index < -0.39 is 35.5 Å². The molecule has 2 unspecified atom stereocenters. The smallest absolute Gasteiger partial charge is 0.159 e. The molecule has 0 heterocycles. The van der Waals surface area contributed by atoms with Gasteiger partial charge in [0.15, 0.2) is 23.3 Å². The van der Waals surface area contributed by atoms with Gasteiger partial charge in [-0.1, -0.05) is 103 Å². The average molecular weight is 575 g/mol. The number of ether oxygens (including phenoxy) is 1. The number of hydrogen-bond donors (Lipinski definition) is 0. The van der Waals surface area contributed by atoms with Gasteiger partial charge in [-0.3, -0.25) is 0 Å². The van der Waals surface area contributed by atoms with E-state index >= 15 is 0 Å². The topological polar surface area (TPSA) is 9.23 Å². The van der Waals surface area contributed by atoms with Crippen LogP contribution in [0.1, 0.15) is 140 Å². The first kappa shape index (κ1) is 32.0. The summed E-state index contributed by atoms with van der Waals surface area (Å²) in [4.78, 5) is 0. The van der Waals surface area contributed by atoms with Crippen LogP contribution in [0.4, 0.5) is 17.6 Å². The Morgan fingerprint density at radius 3 is 1.29 bits per heavy atom. The molecule has 4 rings (SSSR count). The molecule has 0 N–H and O–H groups in total. The highest BCUT2D eigenvalue weighted by Crippen LogP contribution is 2.47. The Kier molecular flexibility index (Phi) is 12.6. The zero-order chi connectivity index (χ0) is 29.2. The van der Waals surface area contributed by atoms with Crippen LogP contribution >= 0.6 is 0 Å². The first-order chi connectivity index (χ1) is 19.9. The van der Waals surface area contributed by atoms with Gasteiger partial charge in [0.2, 0.25) is 0 Å². The van der Waals surface area contributed by atoms with Crippen LogP contribution in [0.15, 0.2) is 36.4 Å². The highest BCUT2D eigenvalue weighted by Gasteiger charge is 2.36. The van der Waals surface area contributed by atoms with E-state index in [1.54, 1.807) is 12.1 Å². The predicted octanol–water partition coefficient (Wildman–Crippen LogP) is 11.8. The molecular weight excluding hydrogens is 524 g/mol. The Hall–Kier alpha value is -1.88. The second kappa shape index (κ2) is 16.1. The van der Waals surface area contributed by atoms with Crippen LogP contribution < -0.4 is 0 Å². The second-order valence-corrected chi connectivity index (χ2v) is 12.9. The Labute approximate surface area is 245 Å². The van der Waals surface area contributed by atoms with Gasteiger partial charge in [-0.25, -0.2) is 17.6 Å². The third-order valence-corrected chi connectivity index (χ3v) is 9.91. The van der Waals surface area contributed by atoms with Crippen molar-refractivity contribution in [3.8, 4) is 0 Å². The van der Waals surface area contributed by atoms with Gasteiger partial charge in [-0.05, 0) is 84.7 Å². The zero-order valence-electron chi connectivity index (χ0n) is 25.2. The summed E-state index contributed by atoms with van der Waals surface area (Å²) in [6.45, 7) is 4.45.